The predicted octanol–water partition coefficient (Wildman–Crippen LogP) is 3.30. The molecule has 2 aliphatic rings. The van der Waals surface area contributed by atoms with Crippen molar-refractivity contribution in [2.24, 2.45) is 0 Å². The molecule has 0 unspecified atom stereocenters. The van der Waals surface area contributed by atoms with Crippen LogP contribution in [0.3, 0.4) is 0 Å². The fraction of sp³-hybridized carbons (Fsp3) is 0.684. The number of hydrogen-bond acceptors (Lipinski definition) is 4. The van der Waals surface area contributed by atoms with Gasteiger partial charge in [0.25, 0.3) is 0 Å². The van der Waals surface area contributed by atoms with Gasteiger partial charge in [-0.3, -0.25) is 4.90 Å². The van der Waals surface area contributed by atoms with Crippen LogP contribution in [0.2, 0.25) is 0 Å². The van der Waals surface area contributed by atoms with Crippen LogP contribution in [0.15, 0.2) is 18.2 Å². The van der Waals surface area contributed by atoms with Gasteiger partial charge in [-0.25, -0.2) is 0 Å². The Morgan fingerprint density at radius 3 is 2.61 bits per heavy atom. The van der Waals surface area contributed by atoms with Gasteiger partial charge in [0.15, 0.2) is 6.29 Å². The Hall–Kier alpha value is -1.10. The van der Waals surface area contributed by atoms with Gasteiger partial charge in [0.2, 0.25) is 0 Å². The molecule has 2 heterocycles. The second kappa shape index (κ2) is 8.13. The largest absolute Gasteiger partial charge is 0.493 e. The second-order valence-corrected chi connectivity index (χ2v) is 6.63. The molecule has 0 saturated carbocycles. The number of piperidine rings is 1. The summed E-state index contributed by atoms with van der Waals surface area (Å²) in [6, 6.07) is 6.72. The van der Waals surface area contributed by atoms with Gasteiger partial charge in [0, 0.05) is 6.54 Å². The van der Waals surface area contributed by atoms with Crippen molar-refractivity contribution in [1.29, 1.82) is 0 Å². The summed E-state index contributed by atoms with van der Waals surface area (Å²) in [5.74, 6) is 1.05. The molecular formula is C19H29NO3. The van der Waals surface area contributed by atoms with Gasteiger partial charge in [-0.05, 0) is 50.8 Å². The number of nitrogens with zero attached hydrogens (tertiary/aromatic N) is 1. The van der Waals surface area contributed by atoms with Crippen molar-refractivity contribution >= 4 is 0 Å². The van der Waals surface area contributed by atoms with Crippen LogP contribution in [0.25, 0.3) is 0 Å². The molecule has 1 aromatic carbocycles. The molecule has 4 heteroatoms. The zero-order valence-electron chi connectivity index (χ0n) is 14.4. The van der Waals surface area contributed by atoms with Crippen LogP contribution in [-0.4, -0.2) is 50.1 Å². The highest BCUT2D eigenvalue weighted by Gasteiger charge is 2.33. The van der Waals surface area contributed by atoms with E-state index in [1.165, 1.54) is 30.4 Å². The van der Waals surface area contributed by atoms with Crippen molar-refractivity contribution < 1.29 is 14.2 Å². The summed E-state index contributed by atoms with van der Waals surface area (Å²) in [5, 5.41) is 0. The first-order chi connectivity index (χ1) is 11.3. The summed E-state index contributed by atoms with van der Waals surface area (Å²) in [6.07, 6.45) is 4.76. The number of hydrogen-bond donors (Lipinski definition) is 0. The maximum absolute atomic E-state index is 6.03. The Labute approximate surface area is 139 Å². The highest BCUT2D eigenvalue weighted by molar-refractivity contribution is 5.39. The number of likely N-dealkylation sites (tertiary alicyclic amines) is 1. The Bertz CT molecular complexity index is 479. The van der Waals surface area contributed by atoms with Crippen molar-refractivity contribution in [1.82, 2.24) is 4.90 Å². The third-order valence-corrected chi connectivity index (χ3v) is 4.87. The van der Waals surface area contributed by atoms with E-state index in [1.807, 2.05) is 0 Å². The number of para-hydroxylation sites is 1. The normalized spacial score (nSPS) is 23.3. The summed E-state index contributed by atoms with van der Waals surface area (Å²) in [6.45, 7) is 8.67. The van der Waals surface area contributed by atoms with Crippen LogP contribution in [0.1, 0.15) is 36.8 Å². The molecule has 2 fully saturated rings. The number of rotatable bonds is 6. The Morgan fingerprint density at radius 1 is 1.13 bits per heavy atom. The van der Waals surface area contributed by atoms with Crippen molar-refractivity contribution in [3.63, 3.8) is 0 Å². The van der Waals surface area contributed by atoms with E-state index in [0.717, 1.165) is 45.1 Å². The van der Waals surface area contributed by atoms with Gasteiger partial charge in [0.05, 0.1) is 25.9 Å². The van der Waals surface area contributed by atoms with E-state index in [2.05, 4.69) is 36.9 Å². The van der Waals surface area contributed by atoms with Crippen molar-refractivity contribution in [2.45, 2.75) is 51.9 Å². The first kappa shape index (κ1) is 16.7. The summed E-state index contributed by atoms with van der Waals surface area (Å²) >= 11 is 0. The minimum absolute atomic E-state index is 0.0187. The summed E-state index contributed by atoms with van der Waals surface area (Å²) in [7, 11) is 0. The van der Waals surface area contributed by atoms with E-state index in [0.29, 0.717) is 6.04 Å². The van der Waals surface area contributed by atoms with Gasteiger partial charge in [0.1, 0.15) is 5.75 Å². The summed E-state index contributed by atoms with van der Waals surface area (Å²) in [5.41, 5.74) is 2.43. The molecule has 0 spiro atoms. The minimum atomic E-state index is -0.0187. The monoisotopic (exact) mass is 319 g/mol. The van der Waals surface area contributed by atoms with E-state index in [9.17, 15) is 0 Å². The maximum Gasteiger partial charge on any atom is 0.173 e. The molecule has 1 aromatic rings. The Balaban J connectivity index is 1.47. The van der Waals surface area contributed by atoms with Gasteiger partial charge < -0.3 is 14.2 Å². The van der Waals surface area contributed by atoms with Gasteiger partial charge in [-0.1, -0.05) is 24.6 Å². The van der Waals surface area contributed by atoms with Crippen molar-refractivity contribution in [3.8, 4) is 5.75 Å². The lowest BCUT2D eigenvalue weighted by Gasteiger charge is -2.37. The molecular weight excluding hydrogens is 290 g/mol. The van der Waals surface area contributed by atoms with Gasteiger partial charge >= 0.3 is 0 Å². The first-order valence-electron chi connectivity index (χ1n) is 8.92. The van der Waals surface area contributed by atoms with E-state index < -0.39 is 0 Å². The maximum atomic E-state index is 6.03. The molecule has 1 atom stereocenters. The molecule has 2 aliphatic heterocycles. The van der Waals surface area contributed by atoms with E-state index in [-0.39, 0.29) is 6.29 Å². The molecule has 23 heavy (non-hydrogen) atoms. The zero-order valence-corrected chi connectivity index (χ0v) is 14.4. The lowest BCUT2D eigenvalue weighted by Crippen LogP contribution is -2.47. The van der Waals surface area contributed by atoms with Crippen LogP contribution in [0.4, 0.5) is 0 Å². The molecule has 0 radical (unpaired) electrons. The SMILES string of the molecule is Cc1cccc(C)c1OCCCN1CCCC[C@@H]1C1OCCO1. The van der Waals surface area contributed by atoms with Crippen LogP contribution >= 0.6 is 0 Å². The Kier molecular flexibility index (Phi) is 5.92. The predicted molar refractivity (Wildman–Crippen MR) is 90.9 cm³/mol. The lowest BCUT2D eigenvalue weighted by atomic mass is 10.0. The van der Waals surface area contributed by atoms with Crippen LogP contribution in [0, 0.1) is 13.8 Å². The van der Waals surface area contributed by atoms with Gasteiger partial charge in [-0.2, -0.15) is 0 Å². The highest BCUT2D eigenvalue weighted by Crippen LogP contribution is 2.25. The molecule has 0 N–H and O–H groups in total. The van der Waals surface area contributed by atoms with E-state index in [1.54, 1.807) is 0 Å². The fourth-order valence-electron chi connectivity index (χ4n) is 3.67. The third kappa shape index (κ3) is 4.25. The van der Waals surface area contributed by atoms with Gasteiger partial charge in [-0.15, -0.1) is 0 Å². The molecule has 0 aromatic heterocycles. The van der Waals surface area contributed by atoms with Crippen LogP contribution in [0.5, 0.6) is 5.75 Å². The topological polar surface area (TPSA) is 30.9 Å². The smallest absolute Gasteiger partial charge is 0.173 e. The summed E-state index contributed by atoms with van der Waals surface area (Å²) < 4.78 is 17.5. The highest BCUT2D eigenvalue weighted by atomic mass is 16.7. The molecule has 0 bridgehead atoms. The van der Waals surface area contributed by atoms with Crippen LogP contribution < -0.4 is 4.74 Å². The third-order valence-electron chi connectivity index (χ3n) is 4.87. The average Bonchev–Trinajstić information content (AvgIpc) is 3.08. The standard InChI is InChI=1S/C19H29NO3/c1-15-7-5-8-16(2)18(15)21-12-6-11-20-10-4-3-9-17(20)19-22-13-14-23-19/h5,7-8,17,19H,3-4,6,9-14H2,1-2H3/t17-/m1/s1. The van der Waals surface area contributed by atoms with Crippen molar-refractivity contribution in [3.05, 3.63) is 29.3 Å². The zero-order chi connectivity index (χ0) is 16.1. The number of aryl methyl sites for hydroxylation is 2. The quantitative estimate of drug-likeness (QED) is 0.753. The summed E-state index contributed by atoms with van der Waals surface area (Å²) in [4.78, 5) is 2.54. The fourth-order valence-corrected chi connectivity index (χ4v) is 3.67. The van der Waals surface area contributed by atoms with E-state index in [4.69, 9.17) is 14.2 Å². The first-order valence-corrected chi connectivity index (χ1v) is 8.92. The average molecular weight is 319 g/mol. The van der Waals surface area contributed by atoms with E-state index >= 15 is 0 Å². The minimum Gasteiger partial charge on any atom is -0.493 e. The molecule has 0 amide bonds. The van der Waals surface area contributed by atoms with Crippen molar-refractivity contribution in [2.75, 3.05) is 32.9 Å². The molecule has 0 aliphatic carbocycles. The van der Waals surface area contributed by atoms with Crippen LogP contribution in [-0.2, 0) is 9.47 Å². The lowest BCUT2D eigenvalue weighted by molar-refractivity contribution is -0.109. The second-order valence-electron chi connectivity index (χ2n) is 6.63. The molecule has 4 nitrogen and oxygen atoms in total. The Morgan fingerprint density at radius 2 is 1.87 bits per heavy atom. The molecule has 2 saturated heterocycles. The molecule has 3 rings (SSSR count). The molecule has 128 valence electrons. The number of benzene rings is 1. The number of ether oxygens (including phenoxy) is 3.